The Morgan fingerprint density at radius 2 is 1.59 bits per heavy atom. The Balaban J connectivity index is 2.13. The maximum Gasteiger partial charge on any atom is 0.180 e. The second kappa shape index (κ2) is 3.59. The smallest absolute Gasteiger partial charge is 0.180 e. The largest absolute Gasteiger partial charge is 0.293 e. The summed E-state index contributed by atoms with van der Waals surface area (Å²) in [6.45, 7) is 0. The normalized spacial score (nSPS) is 15.1. The van der Waals surface area contributed by atoms with Gasteiger partial charge >= 0.3 is 0 Å². The molecule has 17 heavy (non-hydrogen) atoms. The molecule has 0 atom stereocenters. The lowest BCUT2D eigenvalue weighted by molar-refractivity contribution is 0.0887. The van der Waals surface area contributed by atoms with E-state index in [2.05, 4.69) is 9.97 Å². The average molecular weight is 224 g/mol. The van der Waals surface area contributed by atoms with Crippen molar-refractivity contribution in [3.05, 3.63) is 59.7 Å². The molecule has 2 aromatic rings. The van der Waals surface area contributed by atoms with Gasteiger partial charge in [-0.05, 0) is 0 Å². The van der Waals surface area contributed by atoms with E-state index in [1.807, 2.05) is 0 Å². The van der Waals surface area contributed by atoms with Crippen LogP contribution in [0.5, 0.6) is 0 Å². The van der Waals surface area contributed by atoms with E-state index in [0.29, 0.717) is 16.8 Å². The van der Waals surface area contributed by atoms with Crippen LogP contribution in [0.2, 0.25) is 0 Å². The van der Waals surface area contributed by atoms with Crippen molar-refractivity contribution < 1.29 is 9.59 Å². The second-order valence-corrected chi connectivity index (χ2v) is 3.84. The van der Waals surface area contributed by atoms with Gasteiger partial charge in [0.2, 0.25) is 0 Å². The quantitative estimate of drug-likeness (QED) is 0.691. The van der Waals surface area contributed by atoms with Gasteiger partial charge in [0.25, 0.3) is 0 Å². The number of nitrogens with zero attached hydrogens (tertiary/aromatic N) is 2. The monoisotopic (exact) mass is 224 g/mol. The lowest BCUT2D eigenvalue weighted by atomic mass is 10.0. The summed E-state index contributed by atoms with van der Waals surface area (Å²) in [6.07, 6.45) is 4.46. The van der Waals surface area contributed by atoms with Gasteiger partial charge in [-0.15, -0.1) is 0 Å². The van der Waals surface area contributed by atoms with Gasteiger partial charge in [0.05, 0.1) is 5.69 Å². The van der Waals surface area contributed by atoms with Crippen molar-refractivity contribution in [1.29, 1.82) is 0 Å². The molecule has 0 radical (unpaired) electrons. The summed E-state index contributed by atoms with van der Waals surface area (Å²) in [5, 5.41) is 0. The van der Waals surface area contributed by atoms with E-state index >= 15 is 0 Å². The molecule has 0 aliphatic heterocycles. The van der Waals surface area contributed by atoms with E-state index < -0.39 is 5.92 Å². The summed E-state index contributed by atoms with van der Waals surface area (Å²) in [7, 11) is 0. The summed E-state index contributed by atoms with van der Waals surface area (Å²) in [4.78, 5) is 32.2. The van der Waals surface area contributed by atoms with E-state index in [-0.39, 0.29) is 11.6 Å². The standard InChI is InChI=1S/C13H8N2O2/c16-12-8-3-1-2-4-9(8)13(17)11(12)10-7-14-5-6-15-10/h1-7,11H. The first-order valence-electron chi connectivity index (χ1n) is 5.22. The molecule has 0 saturated heterocycles. The van der Waals surface area contributed by atoms with Crippen LogP contribution < -0.4 is 0 Å². The van der Waals surface area contributed by atoms with Crippen molar-refractivity contribution >= 4 is 11.6 Å². The van der Waals surface area contributed by atoms with Gasteiger partial charge in [0.15, 0.2) is 11.6 Å². The molecule has 0 amide bonds. The molecule has 0 bridgehead atoms. The van der Waals surface area contributed by atoms with Crippen molar-refractivity contribution in [3.63, 3.8) is 0 Å². The van der Waals surface area contributed by atoms with Crippen LogP contribution >= 0.6 is 0 Å². The highest BCUT2D eigenvalue weighted by Crippen LogP contribution is 2.32. The van der Waals surface area contributed by atoms with Crippen molar-refractivity contribution in [2.24, 2.45) is 0 Å². The maximum atomic E-state index is 12.1. The number of rotatable bonds is 1. The number of carbonyl (C=O) groups is 2. The Labute approximate surface area is 97.3 Å². The summed E-state index contributed by atoms with van der Waals surface area (Å²) in [6, 6.07) is 6.85. The minimum absolute atomic E-state index is 0.189. The molecule has 0 saturated carbocycles. The van der Waals surface area contributed by atoms with Crippen LogP contribution in [0.3, 0.4) is 0 Å². The molecule has 82 valence electrons. The fourth-order valence-electron chi connectivity index (χ4n) is 2.07. The molecule has 3 rings (SSSR count). The van der Waals surface area contributed by atoms with Crippen LogP contribution in [-0.4, -0.2) is 21.5 Å². The Hall–Kier alpha value is -2.36. The molecule has 0 N–H and O–H groups in total. The summed E-state index contributed by atoms with van der Waals surface area (Å²) in [5.41, 5.74) is 1.38. The SMILES string of the molecule is O=C1c2ccccc2C(=O)C1c1cnccn1. The molecule has 1 aromatic heterocycles. The maximum absolute atomic E-state index is 12.1. The molecule has 0 fully saturated rings. The Kier molecular flexibility index (Phi) is 2.08. The summed E-state index contributed by atoms with van der Waals surface area (Å²) < 4.78 is 0. The van der Waals surface area contributed by atoms with E-state index in [9.17, 15) is 9.59 Å². The van der Waals surface area contributed by atoms with Gasteiger partial charge in [-0.25, -0.2) is 0 Å². The van der Waals surface area contributed by atoms with E-state index in [4.69, 9.17) is 0 Å². The highest BCUT2D eigenvalue weighted by molar-refractivity contribution is 6.29. The zero-order valence-electron chi connectivity index (χ0n) is 8.83. The summed E-state index contributed by atoms with van der Waals surface area (Å²) in [5.74, 6) is -1.20. The highest BCUT2D eigenvalue weighted by atomic mass is 16.2. The van der Waals surface area contributed by atoms with Gasteiger partial charge in [0, 0.05) is 29.7 Å². The first-order chi connectivity index (χ1) is 8.29. The second-order valence-electron chi connectivity index (χ2n) is 3.84. The average Bonchev–Trinajstić information content (AvgIpc) is 2.64. The van der Waals surface area contributed by atoms with Crippen LogP contribution in [0.25, 0.3) is 0 Å². The highest BCUT2D eigenvalue weighted by Gasteiger charge is 2.40. The number of fused-ring (bicyclic) bond motifs is 1. The molecule has 1 heterocycles. The fourth-order valence-corrected chi connectivity index (χ4v) is 2.07. The van der Waals surface area contributed by atoms with Gasteiger partial charge in [-0.1, -0.05) is 24.3 Å². The van der Waals surface area contributed by atoms with Crippen LogP contribution in [0, 0.1) is 0 Å². The number of carbonyl (C=O) groups excluding carboxylic acids is 2. The van der Waals surface area contributed by atoms with Crippen molar-refractivity contribution in [3.8, 4) is 0 Å². The topological polar surface area (TPSA) is 59.9 Å². The molecule has 4 heteroatoms. The van der Waals surface area contributed by atoms with Gasteiger partial charge in [-0.3, -0.25) is 19.6 Å². The Morgan fingerprint density at radius 3 is 2.12 bits per heavy atom. The molecule has 0 spiro atoms. The van der Waals surface area contributed by atoms with Crippen molar-refractivity contribution in [1.82, 2.24) is 9.97 Å². The van der Waals surface area contributed by atoms with Crippen LogP contribution in [0.15, 0.2) is 42.9 Å². The zero-order chi connectivity index (χ0) is 11.8. The minimum atomic E-state index is -0.818. The number of hydrogen-bond acceptors (Lipinski definition) is 4. The molecule has 1 aromatic carbocycles. The first kappa shape index (κ1) is 9.84. The third kappa shape index (κ3) is 1.38. The lowest BCUT2D eigenvalue weighted by Crippen LogP contribution is -2.14. The lowest BCUT2D eigenvalue weighted by Gasteiger charge is -2.04. The summed E-state index contributed by atoms with van der Waals surface area (Å²) >= 11 is 0. The Bertz CT molecular complexity index is 573. The molecule has 1 aliphatic rings. The third-order valence-corrected chi connectivity index (χ3v) is 2.86. The number of ketones is 2. The molecular weight excluding hydrogens is 216 g/mol. The van der Waals surface area contributed by atoms with Crippen LogP contribution in [-0.2, 0) is 0 Å². The third-order valence-electron chi connectivity index (χ3n) is 2.86. The molecule has 1 aliphatic carbocycles. The molecular formula is C13H8N2O2. The predicted octanol–water partition coefficient (Wildman–Crippen LogP) is 1.64. The Morgan fingerprint density at radius 1 is 0.941 bits per heavy atom. The van der Waals surface area contributed by atoms with Crippen molar-refractivity contribution in [2.45, 2.75) is 5.92 Å². The molecule has 0 unspecified atom stereocenters. The predicted molar refractivity (Wildman–Crippen MR) is 59.9 cm³/mol. The van der Waals surface area contributed by atoms with E-state index in [1.54, 1.807) is 24.3 Å². The fraction of sp³-hybridized carbons (Fsp3) is 0.0769. The number of hydrogen-bond donors (Lipinski definition) is 0. The van der Waals surface area contributed by atoms with Gasteiger partial charge < -0.3 is 0 Å². The van der Waals surface area contributed by atoms with Crippen molar-refractivity contribution in [2.75, 3.05) is 0 Å². The van der Waals surface area contributed by atoms with E-state index in [0.717, 1.165) is 0 Å². The van der Waals surface area contributed by atoms with Crippen LogP contribution in [0.1, 0.15) is 32.3 Å². The number of benzene rings is 1. The van der Waals surface area contributed by atoms with Gasteiger partial charge in [-0.2, -0.15) is 0 Å². The zero-order valence-corrected chi connectivity index (χ0v) is 8.83. The van der Waals surface area contributed by atoms with Gasteiger partial charge in [0.1, 0.15) is 5.92 Å². The van der Waals surface area contributed by atoms with Crippen LogP contribution in [0.4, 0.5) is 0 Å². The molecule has 4 nitrogen and oxygen atoms in total. The number of Topliss-reactive ketones (excluding diaryl/α,β-unsaturated/α-hetero) is 2. The minimum Gasteiger partial charge on any atom is -0.293 e. The number of aromatic nitrogens is 2. The van der Waals surface area contributed by atoms with E-state index in [1.165, 1.54) is 18.6 Å². The first-order valence-corrected chi connectivity index (χ1v) is 5.22.